The first-order valence-corrected chi connectivity index (χ1v) is 11.0. The Morgan fingerprint density at radius 1 is 1.15 bits per heavy atom. The zero-order valence-corrected chi connectivity index (χ0v) is 18.2. The minimum Gasteiger partial charge on any atom is -0.492 e. The van der Waals surface area contributed by atoms with Crippen molar-refractivity contribution in [2.45, 2.75) is 31.6 Å². The van der Waals surface area contributed by atoms with Gasteiger partial charge in [0.25, 0.3) is 0 Å². The summed E-state index contributed by atoms with van der Waals surface area (Å²) in [6.45, 7) is 1.28. The van der Waals surface area contributed by atoms with E-state index in [1.165, 1.54) is 12.1 Å². The summed E-state index contributed by atoms with van der Waals surface area (Å²) in [6.07, 6.45) is 3.12. The normalized spacial score (nSPS) is 17.5. The third-order valence-corrected chi connectivity index (χ3v) is 6.23. The molecule has 0 fully saturated rings. The van der Waals surface area contributed by atoms with Gasteiger partial charge in [0.1, 0.15) is 29.3 Å². The molecule has 1 aliphatic heterocycles. The summed E-state index contributed by atoms with van der Waals surface area (Å²) in [4.78, 5) is 11.7. The lowest BCUT2D eigenvalue weighted by Gasteiger charge is -2.22. The van der Waals surface area contributed by atoms with Crippen LogP contribution in [0.2, 0.25) is 0 Å². The molecule has 3 aromatic rings. The van der Waals surface area contributed by atoms with Gasteiger partial charge in [0.2, 0.25) is 5.95 Å². The second-order valence-corrected chi connectivity index (χ2v) is 8.42. The van der Waals surface area contributed by atoms with E-state index in [0.29, 0.717) is 41.5 Å². The Bertz CT molecular complexity index is 1260. The van der Waals surface area contributed by atoms with Gasteiger partial charge >= 0.3 is 0 Å². The van der Waals surface area contributed by atoms with E-state index in [4.69, 9.17) is 14.7 Å². The minimum absolute atomic E-state index is 0.271. The second kappa shape index (κ2) is 8.66. The summed E-state index contributed by atoms with van der Waals surface area (Å²) in [5.74, 6) is 0.302. The van der Waals surface area contributed by atoms with Crippen LogP contribution in [0.5, 0.6) is 5.75 Å². The van der Waals surface area contributed by atoms with Gasteiger partial charge in [-0.15, -0.1) is 0 Å². The number of hydrogen-bond acceptors (Lipinski definition) is 6. The lowest BCUT2D eigenvalue weighted by atomic mass is 9.96. The van der Waals surface area contributed by atoms with Gasteiger partial charge in [0, 0.05) is 42.9 Å². The van der Waals surface area contributed by atoms with Crippen molar-refractivity contribution in [3.63, 3.8) is 0 Å². The predicted molar refractivity (Wildman–Crippen MR) is 121 cm³/mol. The van der Waals surface area contributed by atoms with Gasteiger partial charge < -0.3 is 15.0 Å². The molecular formula is C25H23F2N5O. The molecule has 2 heterocycles. The Labute approximate surface area is 190 Å². The number of ether oxygens (including phenoxy) is 1. The zero-order chi connectivity index (χ0) is 22.9. The molecule has 1 aromatic heterocycles. The Kier molecular flexibility index (Phi) is 5.55. The van der Waals surface area contributed by atoms with Crippen LogP contribution in [0.15, 0.2) is 36.4 Å². The Morgan fingerprint density at radius 2 is 2.03 bits per heavy atom. The number of anilines is 3. The Balaban J connectivity index is 1.61. The first kappa shape index (κ1) is 21.1. The van der Waals surface area contributed by atoms with Crippen molar-refractivity contribution >= 4 is 17.5 Å². The van der Waals surface area contributed by atoms with Gasteiger partial charge in [-0.3, -0.25) is 0 Å². The fourth-order valence-corrected chi connectivity index (χ4v) is 4.58. The molecule has 1 N–H and O–H groups in total. The monoisotopic (exact) mass is 447 g/mol. The van der Waals surface area contributed by atoms with Crippen LogP contribution in [0.3, 0.4) is 0 Å². The lowest BCUT2D eigenvalue weighted by molar-refractivity contribution is 0.307. The molecule has 1 aliphatic carbocycles. The number of nitrogens with zero attached hydrogens (tertiary/aromatic N) is 4. The molecule has 2 aromatic carbocycles. The van der Waals surface area contributed by atoms with Crippen molar-refractivity contribution in [3.8, 4) is 11.8 Å². The van der Waals surface area contributed by atoms with Gasteiger partial charge in [0.05, 0.1) is 17.9 Å². The molecule has 0 amide bonds. The van der Waals surface area contributed by atoms with Crippen LogP contribution < -0.4 is 15.0 Å². The smallest absolute Gasteiger partial charge is 0.229 e. The minimum atomic E-state index is -0.593. The van der Waals surface area contributed by atoms with Crippen LogP contribution in [-0.2, 0) is 6.42 Å². The van der Waals surface area contributed by atoms with Gasteiger partial charge in [-0.2, -0.15) is 10.2 Å². The summed E-state index contributed by atoms with van der Waals surface area (Å²) in [5.41, 5.74) is 3.37. The average Bonchev–Trinajstić information content (AvgIpc) is 3.21. The van der Waals surface area contributed by atoms with Crippen LogP contribution in [0, 0.1) is 23.0 Å². The van der Waals surface area contributed by atoms with E-state index >= 15 is 0 Å². The predicted octanol–water partition coefficient (Wildman–Crippen LogP) is 5.06. The van der Waals surface area contributed by atoms with Gasteiger partial charge in [0.15, 0.2) is 0 Å². The van der Waals surface area contributed by atoms with Crippen LogP contribution in [0.25, 0.3) is 0 Å². The second-order valence-electron chi connectivity index (χ2n) is 8.42. The highest BCUT2D eigenvalue weighted by Crippen LogP contribution is 2.42. The molecule has 6 nitrogen and oxygen atoms in total. The number of fused-ring (bicyclic) bond motifs is 6. The topological polar surface area (TPSA) is 74.1 Å². The summed E-state index contributed by atoms with van der Waals surface area (Å²) < 4.78 is 34.0. The molecule has 1 atom stereocenters. The maximum absolute atomic E-state index is 14.6. The first-order valence-electron chi connectivity index (χ1n) is 11.0. The molecule has 2 aliphatic rings. The van der Waals surface area contributed by atoms with E-state index in [9.17, 15) is 14.0 Å². The van der Waals surface area contributed by atoms with E-state index in [-0.39, 0.29) is 5.92 Å². The summed E-state index contributed by atoms with van der Waals surface area (Å²) in [5, 5.41) is 12.6. The van der Waals surface area contributed by atoms with Crippen molar-refractivity contribution in [2.24, 2.45) is 0 Å². The molecule has 0 radical (unpaired) electrons. The molecule has 4 bridgehead atoms. The Hall–Kier alpha value is -3.73. The summed E-state index contributed by atoms with van der Waals surface area (Å²) in [6, 6.07) is 11.1. The third kappa shape index (κ3) is 4.07. The highest BCUT2D eigenvalue weighted by molar-refractivity contribution is 5.63. The molecule has 5 rings (SSSR count). The number of benzene rings is 2. The third-order valence-electron chi connectivity index (χ3n) is 6.23. The molecule has 168 valence electrons. The standard InChI is InChI=1S/C25H23F2N5O/c1-32-10-2-3-11-33-22-13-17(6-4-15(22)14-28)29-25-30-23-19(8-9-20(23)24(32)31-25)18-7-5-16(26)12-21(18)27/h4-7,12-13,19H,2-3,8-11H2,1H3,(H,29,30,31). The molecule has 0 spiro atoms. The number of nitrogens with one attached hydrogen (secondary N) is 1. The summed E-state index contributed by atoms with van der Waals surface area (Å²) >= 11 is 0. The maximum atomic E-state index is 14.6. The van der Waals surface area contributed by atoms with Crippen LogP contribution >= 0.6 is 0 Å². The zero-order valence-electron chi connectivity index (χ0n) is 18.2. The number of rotatable bonds is 1. The highest BCUT2D eigenvalue weighted by atomic mass is 19.1. The van der Waals surface area contributed by atoms with Crippen molar-refractivity contribution in [2.75, 3.05) is 30.4 Å². The van der Waals surface area contributed by atoms with Crippen molar-refractivity contribution in [1.29, 1.82) is 5.26 Å². The molecule has 33 heavy (non-hydrogen) atoms. The fraction of sp³-hybridized carbons (Fsp3) is 0.320. The van der Waals surface area contributed by atoms with Crippen molar-refractivity contribution < 1.29 is 13.5 Å². The number of hydrogen-bond donors (Lipinski definition) is 1. The first-order chi connectivity index (χ1) is 16.0. The van der Waals surface area contributed by atoms with Crippen LogP contribution in [0.1, 0.15) is 47.6 Å². The van der Waals surface area contributed by atoms with Crippen LogP contribution in [0.4, 0.5) is 26.2 Å². The van der Waals surface area contributed by atoms with E-state index < -0.39 is 11.6 Å². The SMILES string of the molecule is CN1CCCCOc2cc(ccc2C#N)Nc2nc3c(c1n2)CCC3c1ccc(F)cc1F. The molecule has 0 saturated carbocycles. The van der Waals surface area contributed by atoms with Gasteiger partial charge in [-0.1, -0.05) is 6.07 Å². The molecule has 0 saturated heterocycles. The van der Waals surface area contributed by atoms with E-state index in [2.05, 4.69) is 16.3 Å². The quantitative estimate of drug-likeness (QED) is 0.562. The fourth-order valence-electron chi connectivity index (χ4n) is 4.58. The Morgan fingerprint density at radius 3 is 2.85 bits per heavy atom. The molecule has 1 unspecified atom stereocenters. The van der Waals surface area contributed by atoms with Gasteiger partial charge in [-0.05, 0) is 49.4 Å². The highest BCUT2D eigenvalue weighted by Gasteiger charge is 2.32. The van der Waals surface area contributed by atoms with Crippen molar-refractivity contribution in [3.05, 3.63) is 70.4 Å². The van der Waals surface area contributed by atoms with Crippen molar-refractivity contribution in [1.82, 2.24) is 9.97 Å². The number of halogens is 2. The number of nitriles is 1. The average molecular weight is 447 g/mol. The largest absolute Gasteiger partial charge is 0.492 e. The number of aromatic nitrogens is 2. The lowest BCUT2D eigenvalue weighted by Crippen LogP contribution is -2.23. The summed E-state index contributed by atoms with van der Waals surface area (Å²) in [7, 11) is 1.99. The van der Waals surface area contributed by atoms with Crippen LogP contribution in [-0.4, -0.2) is 30.2 Å². The molecular weight excluding hydrogens is 424 g/mol. The maximum Gasteiger partial charge on any atom is 0.229 e. The molecule has 8 heteroatoms. The van der Waals surface area contributed by atoms with E-state index in [1.54, 1.807) is 18.2 Å². The van der Waals surface area contributed by atoms with E-state index in [1.807, 2.05) is 7.05 Å². The van der Waals surface area contributed by atoms with E-state index in [0.717, 1.165) is 48.9 Å². The van der Waals surface area contributed by atoms with Gasteiger partial charge in [-0.25, -0.2) is 13.8 Å².